The summed E-state index contributed by atoms with van der Waals surface area (Å²) in [5.74, 6) is 2.89. The van der Waals surface area contributed by atoms with Crippen molar-refractivity contribution in [2.75, 3.05) is 30.1 Å². The predicted molar refractivity (Wildman–Crippen MR) is 195 cm³/mol. The van der Waals surface area contributed by atoms with Crippen LogP contribution in [0, 0.1) is 32.1 Å². The molecule has 0 aliphatic heterocycles. The third kappa shape index (κ3) is 2000. The van der Waals surface area contributed by atoms with Crippen molar-refractivity contribution in [1.82, 2.24) is 0 Å². The first-order valence-electron chi connectivity index (χ1n) is 13.9. The molecule has 0 atom stereocenters. The van der Waals surface area contributed by atoms with Gasteiger partial charge in [0.15, 0.2) is 0 Å². The molecular weight excluding hydrogens is 809 g/mol. The zero-order valence-electron chi connectivity index (χ0n) is 30.3. The van der Waals surface area contributed by atoms with Crippen LogP contribution in [0.3, 0.4) is 0 Å². The molecule has 0 heterocycles. The van der Waals surface area contributed by atoms with Crippen molar-refractivity contribution in [2.24, 2.45) is 5.73 Å². The van der Waals surface area contributed by atoms with Gasteiger partial charge in [-0.2, -0.15) is 25.0 Å². The second-order valence-electron chi connectivity index (χ2n) is 3.37. The molecule has 255 valence electrons. The summed E-state index contributed by atoms with van der Waals surface area (Å²) in [5.41, 5.74) is 5.03. The van der Waals surface area contributed by atoms with Crippen molar-refractivity contribution < 1.29 is 98.1 Å². The number of nitrogens with two attached hydrogens (primary N) is 1. The maximum atomic E-state index is 7.62. The third-order valence-corrected chi connectivity index (χ3v) is 0.447. The largest absolute Gasteiger partial charge is 0.346 e. The number of hydrogen-bond acceptors (Lipinski definition) is 2. The van der Waals surface area contributed by atoms with Crippen LogP contribution in [0.15, 0.2) is 0 Å². The van der Waals surface area contributed by atoms with Crippen molar-refractivity contribution in [3.05, 3.63) is 20.8 Å². The Morgan fingerprint density at radius 3 is 0.600 bits per heavy atom. The van der Waals surface area contributed by atoms with Crippen molar-refractivity contribution in [3.63, 3.8) is 0 Å². The van der Waals surface area contributed by atoms with E-state index in [2.05, 4.69) is 27.7 Å². The Balaban J connectivity index is -0.00000000955. The molecule has 2 nitrogen and oxygen atoms in total. The van der Waals surface area contributed by atoms with Crippen LogP contribution in [-0.4, -0.2) is 30.1 Å². The van der Waals surface area contributed by atoms with E-state index >= 15 is 0 Å². The van der Waals surface area contributed by atoms with Gasteiger partial charge in [0.2, 0.25) is 0 Å². The summed E-state index contributed by atoms with van der Waals surface area (Å²) in [5, 5.41) is 7.62. The van der Waals surface area contributed by atoms with Gasteiger partial charge >= 0.3 is 0 Å². The topological polar surface area (TPSA) is 49.8 Å². The van der Waals surface area contributed by atoms with Gasteiger partial charge in [-0.1, -0.05) is 118 Å². The zero-order valence-corrected chi connectivity index (χ0v) is 41.8. The molecule has 0 aromatic rings. The number of halogens is 4. The van der Waals surface area contributed by atoms with Crippen LogP contribution in [0.25, 0.3) is 0 Å². The number of hydrogen-bond donors (Lipinski definition) is 1. The Hall–Kier alpha value is 3.92. The summed E-state index contributed by atoms with van der Waals surface area (Å²) < 4.78 is 0. The molecule has 0 aromatic carbocycles. The molecule has 9 heteroatoms. The van der Waals surface area contributed by atoms with Gasteiger partial charge in [-0.3, -0.25) is 0 Å². The number of nitriles is 1. The zero-order chi connectivity index (χ0) is 33.1. The summed E-state index contributed by atoms with van der Waals surface area (Å²) in [6.45, 7) is 44.3. The van der Waals surface area contributed by atoms with Gasteiger partial charge in [0.1, 0.15) is 0 Å². The van der Waals surface area contributed by atoms with Gasteiger partial charge in [-0.05, 0) is 13.0 Å². The summed E-state index contributed by atoms with van der Waals surface area (Å²) in [4.78, 5) is 0. The average Bonchev–Trinajstić information content (AvgIpc) is 2.93. The van der Waals surface area contributed by atoms with E-state index in [9.17, 15) is 0 Å². The van der Waals surface area contributed by atoms with Crippen molar-refractivity contribution >= 4 is 46.4 Å². The van der Waals surface area contributed by atoms with Gasteiger partial charge in [0.25, 0.3) is 0 Å². The summed E-state index contributed by atoms with van der Waals surface area (Å²) in [6.07, 6.45) is 3.72. The predicted octanol–water partition coefficient (Wildman–Crippen LogP) is 14.3. The average molecular weight is 891 g/mol. The minimum atomic E-state index is 0. The first-order valence-corrected chi connectivity index (χ1v) is 16.1. The van der Waals surface area contributed by atoms with Crippen molar-refractivity contribution in [2.45, 2.75) is 151 Å². The van der Waals surface area contributed by atoms with E-state index in [-0.39, 0.29) is 106 Å². The maximum Gasteiger partial charge on any atom is 0.0618 e. The minimum absolute atomic E-state index is 0. The molecule has 0 rings (SSSR count). The van der Waals surface area contributed by atoms with Crippen LogP contribution in [0.4, 0.5) is 0 Å². The fraction of sp³-hybridized carbons (Fsp3) is 0.871. The first-order chi connectivity index (χ1) is 17.3. The molecule has 0 unspecified atom stereocenters. The van der Waals surface area contributed by atoms with Crippen LogP contribution < -0.4 is 5.73 Å². The maximum absolute atomic E-state index is 7.62. The normalized spacial score (nSPS) is 4.70. The quantitative estimate of drug-likeness (QED) is 0.211. The summed E-state index contributed by atoms with van der Waals surface area (Å²) in [7, 11) is 0. The summed E-state index contributed by atoms with van der Waals surface area (Å²) >= 11 is 20.0. The van der Waals surface area contributed by atoms with Crippen LogP contribution in [-0.2, 0) is 98.1 Å². The molecule has 2 N–H and O–H groups in total. The molecule has 0 saturated carbocycles. The van der Waals surface area contributed by atoms with Crippen molar-refractivity contribution in [1.29, 1.82) is 5.26 Å². The second-order valence-corrected chi connectivity index (χ2v) is 5.51. The molecule has 3 radical (unpaired) electrons. The summed E-state index contributed by atoms with van der Waals surface area (Å²) in [6, 6.07) is 1.93. The molecular formula is C31H81Cl4N2Y3-3. The van der Waals surface area contributed by atoms with Crippen LogP contribution in [0.2, 0.25) is 0 Å². The van der Waals surface area contributed by atoms with Crippen LogP contribution in [0.1, 0.15) is 151 Å². The molecule has 0 amide bonds. The molecule has 0 aliphatic carbocycles. The molecule has 0 bridgehead atoms. The third-order valence-electron chi connectivity index (χ3n) is 0.447. The molecule has 0 aromatic heterocycles. The number of nitrogens with zero attached hydrogens (tertiary/aromatic N) is 1. The molecule has 0 aliphatic rings. The van der Waals surface area contributed by atoms with E-state index in [0.29, 0.717) is 6.42 Å². The standard InChI is InChI=1S/C3H9N.C3H5N.2C3H7.4C2H5Cl.4C2H6.C2H5.CH4.3Y/c2*1-2-3-4;2*1-3-2;4*1-2-3;5*1-2;;;;/h2-4H2,1H3;2H2,1H3;2*1,3H2,2H3;4*2H2,1H3;4*1-2H3;1H2,2H3;1H4;;;/q;;2*-1;;;;;;;;;-1;;;;. The first kappa shape index (κ1) is 112. The van der Waals surface area contributed by atoms with E-state index in [1.165, 1.54) is 0 Å². The smallest absolute Gasteiger partial charge is 0.0618 e. The van der Waals surface area contributed by atoms with E-state index in [0.717, 1.165) is 49.3 Å². The second kappa shape index (κ2) is 389. The van der Waals surface area contributed by atoms with Gasteiger partial charge in [-0.15, -0.1) is 46.4 Å². The van der Waals surface area contributed by atoms with E-state index in [4.69, 9.17) is 57.4 Å². The fourth-order valence-corrected chi connectivity index (χ4v) is 0. The minimum Gasteiger partial charge on any atom is -0.346 e. The van der Waals surface area contributed by atoms with Gasteiger partial charge in [-0.25, -0.2) is 0 Å². The number of rotatable bonds is 1. The molecule has 40 heavy (non-hydrogen) atoms. The van der Waals surface area contributed by atoms with Crippen LogP contribution >= 0.6 is 46.4 Å². The molecule has 0 saturated heterocycles. The Morgan fingerprint density at radius 2 is 0.600 bits per heavy atom. The van der Waals surface area contributed by atoms with Crippen LogP contribution in [0.5, 0.6) is 0 Å². The Kier molecular flexibility index (Phi) is 1090. The van der Waals surface area contributed by atoms with E-state index in [1.54, 1.807) is 6.92 Å². The molecule has 0 fully saturated rings. The van der Waals surface area contributed by atoms with Crippen molar-refractivity contribution in [3.8, 4) is 6.07 Å². The SMILES string of the molecule is C.CC.CC.CC.CC.CCC#N.CCCN.CCCl.CCCl.CCCl.CCCl.[CH2-]C.[CH2-]CC.[CH2-]CC.[Y].[Y].[Y]. The van der Waals surface area contributed by atoms with Gasteiger partial charge in [0.05, 0.1) is 6.07 Å². The Morgan fingerprint density at radius 1 is 0.550 bits per heavy atom. The monoisotopic (exact) mass is 888 g/mol. The molecule has 0 spiro atoms. The fourth-order valence-electron chi connectivity index (χ4n) is 0. The Bertz CT molecular complexity index is 135. The number of alkyl halides is 4. The van der Waals surface area contributed by atoms with E-state index < -0.39 is 0 Å². The van der Waals surface area contributed by atoms with E-state index in [1.807, 2.05) is 110 Å². The Labute approximate surface area is 358 Å². The van der Waals surface area contributed by atoms with Gasteiger partial charge < -0.3 is 26.5 Å². The van der Waals surface area contributed by atoms with Gasteiger partial charge in [0, 0.05) is 128 Å².